The molecule has 5 rings (SSSR count). The number of anilines is 2. The van der Waals surface area contributed by atoms with Crippen LogP contribution in [0.25, 0.3) is 11.0 Å². The average molecular weight is 457 g/mol. The zero-order chi connectivity index (χ0) is 22.2. The van der Waals surface area contributed by atoms with E-state index in [9.17, 15) is 14.0 Å². The summed E-state index contributed by atoms with van der Waals surface area (Å²) in [6, 6.07) is 4.86. The number of hydrogen-bond donors (Lipinski definition) is 2. The van der Waals surface area contributed by atoms with Crippen molar-refractivity contribution in [1.82, 2.24) is 19.9 Å². The second kappa shape index (κ2) is 8.38. The molecular weight excluding hydrogens is 435 g/mol. The molecule has 0 aliphatic carbocycles. The molecule has 2 saturated heterocycles. The highest BCUT2D eigenvalue weighted by molar-refractivity contribution is 6.30. The highest BCUT2D eigenvalue weighted by Gasteiger charge is 2.41. The van der Waals surface area contributed by atoms with Crippen molar-refractivity contribution in [2.24, 2.45) is 0 Å². The van der Waals surface area contributed by atoms with Crippen LogP contribution in [0.1, 0.15) is 25.7 Å². The number of benzene rings is 1. The maximum Gasteiger partial charge on any atom is 0.250 e. The van der Waals surface area contributed by atoms with Crippen molar-refractivity contribution in [1.29, 1.82) is 0 Å². The van der Waals surface area contributed by atoms with Crippen molar-refractivity contribution in [3.05, 3.63) is 47.6 Å². The molecule has 1 aromatic carbocycles. The summed E-state index contributed by atoms with van der Waals surface area (Å²) in [6.45, 7) is 1.05. The summed E-state index contributed by atoms with van der Waals surface area (Å²) in [5.74, 6) is -0.217. The Labute approximate surface area is 188 Å². The average Bonchev–Trinajstić information content (AvgIpc) is 3.24. The summed E-state index contributed by atoms with van der Waals surface area (Å²) in [5, 5.41) is 4.12. The maximum absolute atomic E-state index is 13.7. The Morgan fingerprint density at radius 2 is 1.94 bits per heavy atom. The summed E-state index contributed by atoms with van der Waals surface area (Å²) < 4.78 is 13.7. The van der Waals surface area contributed by atoms with Gasteiger partial charge in [-0.3, -0.25) is 14.5 Å². The third-order valence-electron chi connectivity index (χ3n) is 6.05. The van der Waals surface area contributed by atoms with Crippen molar-refractivity contribution in [3.8, 4) is 0 Å². The van der Waals surface area contributed by atoms with Gasteiger partial charge in [-0.25, -0.2) is 14.4 Å². The van der Waals surface area contributed by atoms with Crippen LogP contribution in [0.3, 0.4) is 0 Å². The first-order valence-electron chi connectivity index (χ1n) is 10.6. The number of piperidine rings is 2. The first-order chi connectivity index (χ1) is 15.5. The number of halogens is 2. The number of H-pyrrole nitrogens is 1. The van der Waals surface area contributed by atoms with E-state index in [-0.39, 0.29) is 16.8 Å². The Kier molecular flexibility index (Phi) is 5.42. The summed E-state index contributed by atoms with van der Waals surface area (Å²) in [7, 11) is 0. The SMILES string of the molecule is O=C1[C@H](N2CCCC(Nc3cc(F)cc(Cl)c3)C2=O)CCCN1c1ncnc2[nH]ccc12. The fourth-order valence-corrected chi connectivity index (χ4v) is 4.83. The predicted molar refractivity (Wildman–Crippen MR) is 119 cm³/mol. The van der Waals surface area contributed by atoms with E-state index < -0.39 is 17.9 Å². The molecule has 1 unspecified atom stereocenters. The molecular formula is C22H22ClFN6O2. The number of fused-ring (bicyclic) bond motifs is 1. The number of aromatic nitrogens is 3. The zero-order valence-electron chi connectivity index (χ0n) is 17.2. The summed E-state index contributed by atoms with van der Waals surface area (Å²) in [4.78, 5) is 41.6. The van der Waals surface area contributed by atoms with Gasteiger partial charge in [0.15, 0.2) is 0 Å². The van der Waals surface area contributed by atoms with Gasteiger partial charge >= 0.3 is 0 Å². The van der Waals surface area contributed by atoms with E-state index in [2.05, 4.69) is 20.3 Å². The lowest BCUT2D eigenvalue weighted by molar-refractivity contribution is -0.143. The largest absolute Gasteiger partial charge is 0.374 e. The number of carbonyl (C=O) groups is 2. The molecule has 2 amide bonds. The first-order valence-corrected chi connectivity index (χ1v) is 11.0. The minimum Gasteiger partial charge on any atom is -0.374 e. The number of nitrogens with one attached hydrogen (secondary N) is 2. The van der Waals surface area contributed by atoms with Gasteiger partial charge in [0.1, 0.15) is 35.7 Å². The van der Waals surface area contributed by atoms with E-state index in [0.29, 0.717) is 43.1 Å². The second-order valence-corrected chi connectivity index (χ2v) is 8.55. The highest BCUT2D eigenvalue weighted by atomic mass is 35.5. The summed E-state index contributed by atoms with van der Waals surface area (Å²) in [5.41, 5.74) is 1.11. The number of nitrogens with zero attached hydrogens (tertiary/aromatic N) is 4. The molecule has 2 aromatic heterocycles. The molecule has 32 heavy (non-hydrogen) atoms. The van der Waals surface area contributed by atoms with Crippen LogP contribution in [0, 0.1) is 5.82 Å². The number of rotatable bonds is 4. The van der Waals surface area contributed by atoms with E-state index in [1.54, 1.807) is 22.1 Å². The van der Waals surface area contributed by atoms with Gasteiger partial charge < -0.3 is 15.2 Å². The van der Waals surface area contributed by atoms with Crippen molar-refractivity contribution >= 4 is 46.0 Å². The number of amides is 2. The molecule has 2 N–H and O–H groups in total. The number of hydrogen-bond acceptors (Lipinski definition) is 5. The smallest absolute Gasteiger partial charge is 0.250 e. The molecule has 2 atom stereocenters. The van der Waals surface area contributed by atoms with Crippen molar-refractivity contribution in [3.63, 3.8) is 0 Å². The lowest BCUT2D eigenvalue weighted by Crippen LogP contribution is -2.59. The molecule has 0 saturated carbocycles. The quantitative estimate of drug-likeness (QED) is 0.628. The van der Waals surface area contributed by atoms with Crippen molar-refractivity contribution in [2.75, 3.05) is 23.3 Å². The van der Waals surface area contributed by atoms with Gasteiger partial charge in [-0.2, -0.15) is 0 Å². The standard InChI is InChI=1S/C22H22ClFN6O2/c23-13-9-14(24)11-15(10-13)28-17-3-1-7-29(21(17)31)18-4-2-8-30(22(18)32)20-16-5-6-25-19(16)26-12-27-20/h5-6,9-12,17-18,28H,1-4,7-8H2,(H,25,26,27)/t17?,18-/m1/s1. The molecule has 0 spiro atoms. The van der Waals surface area contributed by atoms with Crippen LogP contribution in [0.15, 0.2) is 36.8 Å². The molecule has 0 radical (unpaired) electrons. The lowest BCUT2D eigenvalue weighted by atomic mass is 9.97. The predicted octanol–water partition coefficient (Wildman–Crippen LogP) is 3.35. The lowest BCUT2D eigenvalue weighted by Gasteiger charge is -2.41. The van der Waals surface area contributed by atoms with Crippen LogP contribution in [-0.4, -0.2) is 56.8 Å². The molecule has 3 aromatic rings. The molecule has 0 bridgehead atoms. The van der Waals surface area contributed by atoms with Gasteiger partial charge in [0.2, 0.25) is 5.91 Å². The van der Waals surface area contributed by atoms with E-state index in [1.165, 1.54) is 18.5 Å². The highest BCUT2D eigenvalue weighted by Crippen LogP contribution is 2.30. The number of carbonyl (C=O) groups excluding carboxylic acids is 2. The van der Waals surface area contributed by atoms with E-state index in [0.717, 1.165) is 18.2 Å². The van der Waals surface area contributed by atoms with Gasteiger partial charge in [-0.1, -0.05) is 11.6 Å². The van der Waals surface area contributed by atoms with E-state index in [1.807, 2.05) is 6.07 Å². The van der Waals surface area contributed by atoms with Gasteiger partial charge in [0, 0.05) is 30.0 Å². The normalized spacial score (nSPS) is 21.9. The fourth-order valence-electron chi connectivity index (χ4n) is 4.61. The van der Waals surface area contributed by atoms with Crippen molar-refractivity contribution in [2.45, 2.75) is 37.8 Å². The minimum absolute atomic E-state index is 0.139. The van der Waals surface area contributed by atoms with Gasteiger partial charge in [-0.15, -0.1) is 0 Å². The monoisotopic (exact) mass is 456 g/mol. The molecule has 2 aliphatic heterocycles. The minimum atomic E-state index is -0.555. The Morgan fingerprint density at radius 3 is 2.78 bits per heavy atom. The Morgan fingerprint density at radius 1 is 1.09 bits per heavy atom. The van der Waals surface area contributed by atoms with Crippen LogP contribution >= 0.6 is 11.6 Å². The summed E-state index contributed by atoms with van der Waals surface area (Å²) in [6.07, 6.45) is 5.89. The first kappa shape index (κ1) is 20.7. The maximum atomic E-state index is 13.7. The van der Waals surface area contributed by atoms with Gasteiger partial charge in [0.05, 0.1) is 5.39 Å². The second-order valence-electron chi connectivity index (χ2n) is 8.11. The molecule has 8 nitrogen and oxygen atoms in total. The van der Waals surface area contributed by atoms with Crippen LogP contribution in [-0.2, 0) is 9.59 Å². The zero-order valence-corrected chi connectivity index (χ0v) is 18.0. The van der Waals surface area contributed by atoms with E-state index >= 15 is 0 Å². The van der Waals surface area contributed by atoms with Crippen LogP contribution in [0.5, 0.6) is 0 Å². The fraction of sp³-hybridized carbons (Fsp3) is 0.364. The van der Waals surface area contributed by atoms with Crippen LogP contribution in [0.2, 0.25) is 5.02 Å². The molecule has 4 heterocycles. The van der Waals surface area contributed by atoms with Crippen LogP contribution in [0.4, 0.5) is 15.9 Å². The van der Waals surface area contributed by atoms with Gasteiger partial charge in [0.25, 0.3) is 5.91 Å². The molecule has 166 valence electrons. The molecule has 10 heteroatoms. The third-order valence-corrected chi connectivity index (χ3v) is 6.27. The molecule has 2 aliphatic rings. The molecule has 2 fully saturated rings. The van der Waals surface area contributed by atoms with E-state index in [4.69, 9.17) is 11.6 Å². The Balaban J connectivity index is 1.37. The van der Waals surface area contributed by atoms with Crippen molar-refractivity contribution < 1.29 is 14.0 Å². The van der Waals surface area contributed by atoms with Gasteiger partial charge in [-0.05, 0) is 49.9 Å². The topological polar surface area (TPSA) is 94.2 Å². The number of aromatic amines is 1. The Hall–Kier alpha value is -3.20. The third kappa shape index (κ3) is 3.77. The summed E-state index contributed by atoms with van der Waals surface area (Å²) >= 11 is 5.94. The van der Waals surface area contributed by atoms with Crippen LogP contribution < -0.4 is 10.2 Å². The Bertz CT molecular complexity index is 1160. The number of likely N-dealkylation sites (tertiary alicyclic amines) is 1.